The summed E-state index contributed by atoms with van der Waals surface area (Å²) in [6, 6.07) is 3.33. The molecule has 0 fully saturated rings. The summed E-state index contributed by atoms with van der Waals surface area (Å²) >= 11 is 1.14. The summed E-state index contributed by atoms with van der Waals surface area (Å²) in [5, 5.41) is 29.2. The van der Waals surface area contributed by atoms with Gasteiger partial charge in [-0.05, 0) is 23.9 Å². The summed E-state index contributed by atoms with van der Waals surface area (Å²) in [5.74, 6) is -0.875. The van der Waals surface area contributed by atoms with Gasteiger partial charge in [-0.15, -0.1) is 11.3 Å². The van der Waals surface area contributed by atoms with Gasteiger partial charge in [0.25, 0.3) is 0 Å². The molecule has 0 radical (unpaired) electrons. The van der Waals surface area contributed by atoms with Gasteiger partial charge in [-0.2, -0.15) is 5.26 Å². The van der Waals surface area contributed by atoms with E-state index >= 15 is 0 Å². The van der Waals surface area contributed by atoms with Gasteiger partial charge in [0, 0.05) is 0 Å². The average Bonchev–Trinajstić information content (AvgIpc) is 2.75. The van der Waals surface area contributed by atoms with Crippen LogP contribution in [0.15, 0.2) is 11.4 Å². The van der Waals surface area contributed by atoms with Gasteiger partial charge >= 0.3 is 5.97 Å². The lowest BCUT2D eigenvalue weighted by molar-refractivity contribution is -0.159. The van der Waals surface area contributed by atoms with Crippen LogP contribution in [0, 0.1) is 11.3 Å². The zero-order valence-electron chi connectivity index (χ0n) is 8.58. The Balaban J connectivity index is 2.74. The number of hydrogen-bond donors (Lipinski definition) is 2. The number of ether oxygens (including phenoxy) is 1. The minimum absolute atomic E-state index is 0.135. The monoisotopic (exact) mass is 241 g/mol. The Labute approximate surface area is 96.5 Å². The van der Waals surface area contributed by atoms with E-state index < -0.39 is 18.2 Å². The second kappa shape index (κ2) is 5.61. The molecule has 1 aromatic rings. The first kappa shape index (κ1) is 12.6. The molecule has 0 aliphatic rings. The lowest BCUT2D eigenvalue weighted by Gasteiger charge is -2.14. The number of nitriles is 1. The highest BCUT2D eigenvalue weighted by Crippen LogP contribution is 2.23. The number of carbonyl (C=O) groups is 1. The standard InChI is InChI=1S/C10H11NO4S/c1-2-15-10(14)9(13)8(12)6-3-7(4-11)16-5-6/h3,5,8-9,12-13H,2H2,1H3. The zero-order valence-corrected chi connectivity index (χ0v) is 9.40. The fourth-order valence-electron chi connectivity index (χ4n) is 1.10. The van der Waals surface area contributed by atoms with Gasteiger partial charge in [0.1, 0.15) is 17.1 Å². The van der Waals surface area contributed by atoms with Gasteiger partial charge in [-0.3, -0.25) is 0 Å². The van der Waals surface area contributed by atoms with Crippen LogP contribution in [0.4, 0.5) is 0 Å². The van der Waals surface area contributed by atoms with Crippen molar-refractivity contribution in [2.45, 2.75) is 19.1 Å². The predicted octanol–water partition coefficient (Wildman–Crippen LogP) is 0.577. The van der Waals surface area contributed by atoms with Crippen molar-refractivity contribution < 1.29 is 19.7 Å². The molecule has 1 rings (SSSR count). The molecule has 0 spiro atoms. The molecule has 0 aliphatic heterocycles. The van der Waals surface area contributed by atoms with Crippen molar-refractivity contribution in [3.8, 4) is 6.07 Å². The molecule has 6 heteroatoms. The molecule has 86 valence electrons. The summed E-state index contributed by atoms with van der Waals surface area (Å²) < 4.78 is 4.57. The molecule has 0 aromatic carbocycles. The highest BCUT2D eigenvalue weighted by molar-refractivity contribution is 7.10. The number of esters is 1. The largest absolute Gasteiger partial charge is 0.464 e. The van der Waals surface area contributed by atoms with Crippen LogP contribution >= 0.6 is 11.3 Å². The number of hydrogen-bond acceptors (Lipinski definition) is 6. The first-order chi connectivity index (χ1) is 7.60. The molecule has 0 saturated carbocycles. The third-order valence-electron chi connectivity index (χ3n) is 1.90. The van der Waals surface area contributed by atoms with Gasteiger partial charge in [0.2, 0.25) is 0 Å². The lowest BCUT2D eigenvalue weighted by atomic mass is 10.1. The Hall–Kier alpha value is -1.42. The van der Waals surface area contributed by atoms with Crippen LogP contribution in [-0.2, 0) is 9.53 Å². The lowest BCUT2D eigenvalue weighted by Crippen LogP contribution is -2.29. The Morgan fingerprint density at radius 3 is 2.88 bits per heavy atom. The predicted molar refractivity (Wildman–Crippen MR) is 56.6 cm³/mol. The number of nitrogens with zero attached hydrogens (tertiary/aromatic N) is 1. The van der Waals surface area contributed by atoms with Crippen molar-refractivity contribution in [3.05, 3.63) is 21.9 Å². The number of aliphatic hydroxyl groups excluding tert-OH is 2. The molecule has 2 unspecified atom stereocenters. The summed E-state index contributed by atoms with van der Waals surface area (Å²) in [5.41, 5.74) is 0.335. The molecular weight excluding hydrogens is 230 g/mol. The van der Waals surface area contributed by atoms with Crippen LogP contribution in [0.1, 0.15) is 23.5 Å². The molecule has 2 atom stereocenters. The van der Waals surface area contributed by atoms with Crippen molar-refractivity contribution in [1.82, 2.24) is 0 Å². The first-order valence-corrected chi connectivity index (χ1v) is 5.49. The normalized spacial score (nSPS) is 13.9. The second-order valence-corrected chi connectivity index (χ2v) is 3.91. The van der Waals surface area contributed by atoms with E-state index in [1.807, 2.05) is 6.07 Å². The Bertz CT molecular complexity index is 409. The summed E-state index contributed by atoms with van der Waals surface area (Å²) in [7, 11) is 0. The molecule has 2 N–H and O–H groups in total. The van der Waals surface area contributed by atoms with E-state index in [0.717, 1.165) is 11.3 Å². The maximum absolute atomic E-state index is 11.1. The molecular formula is C10H11NO4S. The molecule has 1 aromatic heterocycles. The van der Waals surface area contributed by atoms with E-state index in [-0.39, 0.29) is 6.61 Å². The van der Waals surface area contributed by atoms with Gasteiger partial charge in [0.15, 0.2) is 6.10 Å². The third kappa shape index (κ3) is 2.79. The van der Waals surface area contributed by atoms with Crippen molar-refractivity contribution in [1.29, 1.82) is 5.26 Å². The van der Waals surface area contributed by atoms with Crippen LogP contribution in [0.2, 0.25) is 0 Å². The number of thiophene rings is 1. The fourth-order valence-corrected chi connectivity index (χ4v) is 1.83. The summed E-state index contributed by atoms with van der Waals surface area (Å²) in [4.78, 5) is 11.5. The molecule has 0 saturated heterocycles. The van der Waals surface area contributed by atoms with E-state index in [1.165, 1.54) is 11.4 Å². The fraction of sp³-hybridized carbons (Fsp3) is 0.400. The minimum Gasteiger partial charge on any atom is -0.464 e. The van der Waals surface area contributed by atoms with E-state index in [1.54, 1.807) is 6.92 Å². The summed E-state index contributed by atoms with van der Waals surface area (Å²) in [6.07, 6.45) is -2.99. The Morgan fingerprint density at radius 1 is 1.69 bits per heavy atom. The van der Waals surface area contributed by atoms with Crippen LogP contribution in [0.5, 0.6) is 0 Å². The van der Waals surface area contributed by atoms with Crippen molar-refractivity contribution in [3.63, 3.8) is 0 Å². The molecule has 1 heterocycles. The Kier molecular flexibility index (Phi) is 4.43. The number of aliphatic hydroxyl groups is 2. The topological polar surface area (TPSA) is 90.6 Å². The number of rotatable bonds is 4. The summed E-state index contributed by atoms with van der Waals surface area (Å²) in [6.45, 7) is 1.74. The van der Waals surface area contributed by atoms with E-state index in [9.17, 15) is 15.0 Å². The van der Waals surface area contributed by atoms with Crippen LogP contribution < -0.4 is 0 Å². The van der Waals surface area contributed by atoms with Gasteiger partial charge in [0.05, 0.1) is 6.61 Å². The average molecular weight is 241 g/mol. The number of carbonyl (C=O) groups excluding carboxylic acids is 1. The highest BCUT2D eigenvalue weighted by Gasteiger charge is 2.27. The second-order valence-electron chi connectivity index (χ2n) is 3.00. The molecule has 0 amide bonds. The highest BCUT2D eigenvalue weighted by atomic mass is 32.1. The SMILES string of the molecule is CCOC(=O)C(O)C(O)c1csc(C#N)c1. The van der Waals surface area contributed by atoms with Crippen molar-refractivity contribution in [2.75, 3.05) is 6.61 Å². The quantitative estimate of drug-likeness (QED) is 0.752. The van der Waals surface area contributed by atoms with Gasteiger partial charge in [-0.25, -0.2) is 4.79 Å². The zero-order chi connectivity index (χ0) is 12.1. The maximum Gasteiger partial charge on any atom is 0.338 e. The molecule has 16 heavy (non-hydrogen) atoms. The van der Waals surface area contributed by atoms with Crippen LogP contribution in [0.3, 0.4) is 0 Å². The van der Waals surface area contributed by atoms with E-state index in [4.69, 9.17) is 5.26 Å². The van der Waals surface area contributed by atoms with Crippen molar-refractivity contribution >= 4 is 17.3 Å². The van der Waals surface area contributed by atoms with Gasteiger partial charge < -0.3 is 14.9 Å². The minimum atomic E-state index is -1.62. The Morgan fingerprint density at radius 2 is 2.38 bits per heavy atom. The smallest absolute Gasteiger partial charge is 0.338 e. The van der Waals surface area contributed by atoms with Crippen molar-refractivity contribution in [2.24, 2.45) is 0 Å². The molecule has 0 aliphatic carbocycles. The molecule has 0 bridgehead atoms. The first-order valence-electron chi connectivity index (χ1n) is 4.61. The van der Waals surface area contributed by atoms with Crippen LogP contribution in [0.25, 0.3) is 0 Å². The maximum atomic E-state index is 11.1. The van der Waals surface area contributed by atoms with Gasteiger partial charge in [-0.1, -0.05) is 0 Å². The van der Waals surface area contributed by atoms with Crippen LogP contribution in [-0.4, -0.2) is 28.9 Å². The van der Waals surface area contributed by atoms with E-state index in [0.29, 0.717) is 10.4 Å². The molecule has 5 nitrogen and oxygen atoms in total. The van der Waals surface area contributed by atoms with E-state index in [2.05, 4.69) is 4.74 Å². The third-order valence-corrected chi connectivity index (χ3v) is 2.75.